The van der Waals surface area contributed by atoms with E-state index in [1.807, 2.05) is 0 Å². The number of aliphatic hydroxyl groups excluding tert-OH is 2. The molecule has 3 rings (SSSR count). The highest BCUT2D eigenvalue weighted by Crippen LogP contribution is 2.26. The van der Waals surface area contributed by atoms with Crippen molar-refractivity contribution in [1.82, 2.24) is 9.55 Å². The highest BCUT2D eigenvalue weighted by molar-refractivity contribution is 4.88. The van der Waals surface area contributed by atoms with E-state index >= 15 is 0 Å². The van der Waals surface area contributed by atoms with E-state index in [1.165, 1.54) is 41.9 Å². The molecule has 120 valence electrons. The van der Waals surface area contributed by atoms with Crippen molar-refractivity contribution in [1.29, 1.82) is 0 Å². The average Bonchev–Trinajstić information content (AvgIpc) is 2.90. The normalized spacial score (nSPS) is 25.8. The fraction of sp³-hybridized carbons (Fsp3) is 0.385. The Hall–Kier alpha value is -2.36. The highest BCUT2D eigenvalue weighted by atomic mass is 16.5. The van der Waals surface area contributed by atoms with Crippen LogP contribution in [0.15, 0.2) is 46.9 Å². The molecule has 0 unspecified atom stereocenters. The molecule has 0 bridgehead atoms. The van der Waals surface area contributed by atoms with E-state index in [1.54, 1.807) is 0 Å². The maximum atomic E-state index is 11.4. The SMILES string of the molecule is C1=COC=CO1.O=c1ccn([C@H]2C[C@H](O)[C@@H](CO)O2)c(=O)[nH]1. The van der Waals surface area contributed by atoms with E-state index in [4.69, 9.17) is 9.84 Å². The van der Waals surface area contributed by atoms with Crippen molar-refractivity contribution in [3.8, 4) is 0 Å². The summed E-state index contributed by atoms with van der Waals surface area (Å²) in [5.74, 6) is 0. The summed E-state index contributed by atoms with van der Waals surface area (Å²) in [6.45, 7) is -0.310. The molecule has 1 saturated heterocycles. The van der Waals surface area contributed by atoms with Gasteiger partial charge in [0.2, 0.25) is 0 Å². The molecule has 0 amide bonds. The third-order valence-electron chi connectivity index (χ3n) is 2.97. The summed E-state index contributed by atoms with van der Waals surface area (Å²) in [6.07, 6.45) is 5.18. The summed E-state index contributed by atoms with van der Waals surface area (Å²) < 4.78 is 15.6. The molecular formula is C13H16N2O7. The minimum Gasteiger partial charge on any atom is -0.466 e. The number of rotatable bonds is 2. The molecule has 3 N–H and O–H groups in total. The quantitative estimate of drug-likeness (QED) is 0.650. The zero-order valence-corrected chi connectivity index (χ0v) is 11.5. The summed E-state index contributed by atoms with van der Waals surface area (Å²) in [6, 6.07) is 1.20. The first-order valence-electron chi connectivity index (χ1n) is 6.48. The molecule has 9 nitrogen and oxygen atoms in total. The summed E-state index contributed by atoms with van der Waals surface area (Å²) in [5, 5.41) is 18.4. The van der Waals surface area contributed by atoms with Crippen LogP contribution in [0, 0.1) is 0 Å². The molecule has 9 heteroatoms. The van der Waals surface area contributed by atoms with Gasteiger partial charge in [-0.3, -0.25) is 14.3 Å². The molecule has 0 spiro atoms. The van der Waals surface area contributed by atoms with Crippen LogP contribution in [-0.4, -0.2) is 38.6 Å². The maximum absolute atomic E-state index is 11.4. The van der Waals surface area contributed by atoms with E-state index in [2.05, 4.69) is 14.5 Å². The van der Waals surface area contributed by atoms with Crippen LogP contribution in [0.4, 0.5) is 0 Å². The van der Waals surface area contributed by atoms with Crippen LogP contribution in [0.5, 0.6) is 0 Å². The van der Waals surface area contributed by atoms with Crippen LogP contribution in [0.25, 0.3) is 0 Å². The second-order valence-corrected chi connectivity index (χ2v) is 4.45. The lowest BCUT2D eigenvalue weighted by atomic mass is 10.2. The molecule has 2 aliphatic rings. The molecule has 22 heavy (non-hydrogen) atoms. The number of aromatic nitrogens is 2. The Morgan fingerprint density at radius 1 is 1.23 bits per heavy atom. The smallest absolute Gasteiger partial charge is 0.330 e. The zero-order chi connectivity index (χ0) is 15.9. The van der Waals surface area contributed by atoms with Gasteiger partial charge in [-0.15, -0.1) is 0 Å². The molecule has 0 aromatic carbocycles. The van der Waals surface area contributed by atoms with Crippen molar-refractivity contribution < 1.29 is 24.4 Å². The third-order valence-corrected chi connectivity index (χ3v) is 2.97. The van der Waals surface area contributed by atoms with E-state index in [0.29, 0.717) is 0 Å². The lowest BCUT2D eigenvalue weighted by Crippen LogP contribution is -2.31. The second-order valence-electron chi connectivity index (χ2n) is 4.45. The number of H-pyrrole nitrogens is 1. The Morgan fingerprint density at radius 3 is 2.32 bits per heavy atom. The summed E-state index contributed by atoms with van der Waals surface area (Å²) in [4.78, 5) is 24.3. The fourth-order valence-corrected chi connectivity index (χ4v) is 1.92. The number of nitrogens with zero attached hydrogens (tertiary/aromatic N) is 1. The van der Waals surface area contributed by atoms with E-state index in [0.717, 1.165) is 0 Å². The molecule has 1 fully saturated rings. The van der Waals surface area contributed by atoms with Gasteiger partial charge in [-0.05, 0) is 0 Å². The van der Waals surface area contributed by atoms with Gasteiger partial charge in [0.15, 0.2) is 0 Å². The predicted molar refractivity (Wildman–Crippen MR) is 73.4 cm³/mol. The second kappa shape index (κ2) is 7.59. The lowest BCUT2D eigenvalue weighted by molar-refractivity contribution is -0.0459. The molecule has 3 atom stereocenters. The first-order chi connectivity index (χ1) is 10.6. The summed E-state index contributed by atoms with van der Waals surface area (Å²) >= 11 is 0. The van der Waals surface area contributed by atoms with Crippen LogP contribution < -0.4 is 11.2 Å². The van der Waals surface area contributed by atoms with Crippen molar-refractivity contribution in [2.75, 3.05) is 6.61 Å². The maximum Gasteiger partial charge on any atom is 0.330 e. The van der Waals surface area contributed by atoms with Crippen LogP contribution in [-0.2, 0) is 14.2 Å². The van der Waals surface area contributed by atoms with Crippen molar-refractivity contribution >= 4 is 0 Å². The molecule has 0 aliphatic carbocycles. The summed E-state index contributed by atoms with van der Waals surface area (Å²) in [7, 11) is 0. The number of nitrogens with one attached hydrogen (secondary N) is 1. The number of hydrogen-bond acceptors (Lipinski definition) is 7. The standard InChI is InChI=1S/C9H12N2O5.C4H4O2/c12-4-6-5(13)3-8(16-6)11-2-1-7(14)10-9(11)15;1-2-6-4-3-5-1/h1-2,5-6,8,12-13H,3-4H2,(H,10,14,15);1-4H/t5-,6+,8+;/m0./s1. The molecular weight excluding hydrogens is 296 g/mol. The Labute approximate surface area is 124 Å². The Balaban J connectivity index is 0.000000246. The highest BCUT2D eigenvalue weighted by Gasteiger charge is 2.34. The van der Waals surface area contributed by atoms with Crippen LogP contribution in [0.3, 0.4) is 0 Å². The van der Waals surface area contributed by atoms with Crippen LogP contribution >= 0.6 is 0 Å². The van der Waals surface area contributed by atoms with Gasteiger partial charge in [0.05, 0.1) is 12.7 Å². The van der Waals surface area contributed by atoms with Crippen molar-refractivity contribution in [2.24, 2.45) is 0 Å². The van der Waals surface area contributed by atoms with Gasteiger partial charge in [-0.1, -0.05) is 0 Å². The zero-order valence-electron chi connectivity index (χ0n) is 11.5. The van der Waals surface area contributed by atoms with Crippen molar-refractivity contribution in [3.63, 3.8) is 0 Å². The number of aliphatic hydroxyl groups is 2. The van der Waals surface area contributed by atoms with Gasteiger partial charge in [0.1, 0.15) is 37.4 Å². The van der Waals surface area contributed by atoms with Gasteiger partial charge < -0.3 is 24.4 Å². The minimum absolute atomic E-state index is 0.206. The van der Waals surface area contributed by atoms with Crippen molar-refractivity contribution in [3.05, 3.63) is 58.1 Å². The molecule has 2 aliphatic heterocycles. The first kappa shape index (κ1) is 16.0. The van der Waals surface area contributed by atoms with Gasteiger partial charge in [-0.25, -0.2) is 4.79 Å². The Morgan fingerprint density at radius 2 is 1.86 bits per heavy atom. The average molecular weight is 312 g/mol. The topological polar surface area (TPSA) is 123 Å². The fourth-order valence-electron chi connectivity index (χ4n) is 1.92. The van der Waals surface area contributed by atoms with Gasteiger partial charge in [0.25, 0.3) is 5.56 Å². The molecule has 1 aromatic heterocycles. The van der Waals surface area contributed by atoms with Crippen molar-refractivity contribution in [2.45, 2.75) is 24.9 Å². The Kier molecular flexibility index (Phi) is 5.53. The minimum atomic E-state index is -0.811. The molecule has 0 radical (unpaired) electrons. The van der Waals surface area contributed by atoms with Gasteiger partial charge >= 0.3 is 5.69 Å². The Bertz CT molecular complexity index is 628. The number of hydrogen-bond donors (Lipinski definition) is 3. The predicted octanol–water partition coefficient (Wildman–Crippen LogP) is -0.847. The monoisotopic (exact) mass is 312 g/mol. The van der Waals surface area contributed by atoms with E-state index < -0.39 is 29.7 Å². The molecule has 0 saturated carbocycles. The van der Waals surface area contributed by atoms with Gasteiger partial charge in [0, 0.05) is 18.7 Å². The summed E-state index contributed by atoms with van der Waals surface area (Å²) in [5.41, 5.74) is -1.08. The largest absolute Gasteiger partial charge is 0.466 e. The molecule has 1 aromatic rings. The van der Waals surface area contributed by atoms with E-state index in [9.17, 15) is 14.7 Å². The first-order valence-corrected chi connectivity index (χ1v) is 6.48. The third kappa shape index (κ3) is 4.07. The number of aromatic amines is 1. The molecule has 3 heterocycles. The van der Waals surface area contributed by atoms with Gasteiger partial charge in [-0.2, -0.15) is 0 Å². The van der Waals surface area contributed by atoms with Crippen LogP contribution in [0.2, 0.25) is 0 Å². The lowest BCUT2D eigenvalue weighted by Gasteiger charge is -2.13. The van der Waals surface area contributed by atoms with E-state index in [-0.39, 0.29) is 13.0 Å². The number of ether oxygens (including phenoxy) is 3. The van der Waals surface area contributed by atoms with Crippen LogP contribution in [0.1, 0.15) is 12.6 Å².